The fraction of sp³-hybridized carbons (Fsp3) is 0.238. The molecule has 3 rings (SSSR count). The maximum absolute atomic E-state index is 8.88. The molecule has 0 unspecified atom stereocenters. The van der Waals surface area contributed by atoms with Crippen LogP contribution in [-0.2, 0) is 6.42 Å². The first kappa shape index (κ1) is 18.0. The van der Waals surface area contributed by atoms with Gasteiger partial charge in [0.1, 0.15) is 11.8 Å². The van der Waals surface area contributed by atoms with Gasteiger partial charge in [0.15, 0.2) is 6.61 Å². The summed E-state index contributed by atoms with van der Waals surface area (Å²) in [6.07, 6.45) is 5.41. The van der Waals surface area contributed by atoms with Crippen molar-refractivity contribution in [1.29, 1.82) is 10.5 Å². The third-order valence-electron chi connectivity index (χ3n) is 4.26. The molecule has 0 saturated carbocycles. The number of benzene rings is 2. The predicted molar refractivity (Wildman–Crippen MR) is 105 cm³/mol. The molecule has 0 aliphatic heterocycles. The highest BCUT2D eigenvalue weighted by molar-refractivity contribution is 9.10. The molecular weight excluding hydrogens is 390 g/mol. The molecule has 0 N–H and O–H groups in total. The molecule has 0 bridgehead atoms. The first-order chi connectivity index (χ1) is 12.7. The third-order valence-corrected chi connectivity index (χ3v) is 4.76. The number of hydrogen-bond donors (Lipinski definition) is 0. The molecular formula is C21H18BrN3O. The summed E-state index contributed by atoms with van der Waals surface area (Å²) in [5, 5.41) is 18.7. The molecule has 3 aromatic rings. The van der Waals surface area contributed by atoms with Crippen LogP contribution in [0.5, 0.6) is 5.75 Å². The topological polar surface area (TPSA) is 61.7 Å². The molecule has 5 heteroatoms. The van der Waals surface area contributed by atoms with Crippen LogP contribution in [0.1, 0.15) is 24.8 Å². The third kappa shape index (κ3) is 3.90. The van der Waals surface area contributed by atoms with Crippen molar-refractivity contribution in [3.05, 3.63) is 58.7 Å². The van der Waals surface area contributed by atoms with Gasteiger partial charge in [-0.2, -0.15) is 10.5 Å². The molecule has 1 aromatic heterocycles. The van der Waals surface area contributed by atoms with Crippen molar-refractivity contribution < 1.29 is 4.74 Å². The van der Waals surface area contributed by atoms with Gasteiger partial charge >= 0.3 is 0 Å². The summed E-state index contributed by atoms with van der Waals surface area (Å²) in [6, 6.07) is 18.4. The van der Waals surface area contributed by atoms with E-state index in [2.05, 4.69) is 38.7 Å². The Balaban J connectivity index is 2.05. The normalized spacial score (nSPS) is 10.4. The van der Waals surface area contributed by atoms with Crippen LogP contribution in [-0.4, -0.2) is 11.2 Å². The van der Waals surface area contributed by atoms with Gasteiger partial charge in [-0.1, -0.05) is 28.1 Å². The number of unbranched alkanes of at least 4 members (excludes halogenated alkanes) is 2. The van der Waals surface area contributed by atoms with E-state index < -0.39 is 0 Å². The van der Waals surface area contributed by atoms with Crippen LogP contribution >= 0.6 is 15.9 Å². The number of fused-ring (bicyclic) bond motifs is 1. The Morgan fingerprint density at radius 1 is 1.04 bits per heavy atom. The summed E-state index contributed by atoms with van der Waals surface area (Å²) in [5.41, 5.74) is 3.23. The zero-order valence-electron chi connectivity index (χ0n) is 14.3. The number of nitriles is 2. The van der Waals surface area contributed by atoms with Crippen LogP contribution in [0.3, 0.4) is 0 Å². The van der Waals surface area contributed by atoms with Gasteiger partial charge < -0.3 is 9.30 Å². The van der Waals surface area contributed by atoms with Gasteiger partial charge in [-0.25, -0.2) is 0 Å². The van der Waals surface area contributed by atoms with E-state index in [9.17, 15) is 0 Å². The Morgan fingerprint density at radius 2 is 1.92 bits per heavy atom. The van der Waals surface area contributed by atoms with Crippen molar-refractivity contribution in [2.24, 2.45) is 0 Å². The molecule has 0 spiro atoms. The van der Waals surface area contributed by atoms with Crippen molar-refractivity contribution in [1.82, 2.24) is 4.57 Å². The van der Waals surface area contributed by atoms with E-state index in [0.717, 1.165) is 40.3 Å². The summed E-state index contributed by atoms with van der Waals surface area (Å²) in [5.74, 6) is 0.701. The van der Waals surface area contributed by atoms with Crippen molar-refractivity contribution in [3.8, 4) is 23.6 Å². The number of rotatable bonds is 7. The van der Waals surface area contributed by atoms with Crippen molar-refractivity contribution in [2.45, 2.75) is 25.7 Å². The zero-order valence-corrected chi connectivity index (χ0v) is 15.9. The van der Waals surface area contributed by atoms with Crippen LogP contribution in [0.2, 0.25) is 0 Å². The maximum Gasteiger partial charge on any atom is 0.174 e. The molecule has 0 radical (unpaired) electrons. The van der Waals surface area contributed by atoms with E-state index in [-0.39, 0.29) is 6.61 Å². The largest absolute Gasteiger partial charge is 0.477 e. The maximum atomic E-state index is 8.88. The summed E-state index contributed by atoms with van der Waals surface area (Å²) in [7, 11) is 0. The van der Waals surface area contributed by atoms with Crippen LogP contribution in [0, 0.1) is 22.7 Å². The summed E-state index contributed by atoms with van der Waals surface area (Å²) < 4.78 is 8.77. The lowest BCUT2D eigenvalue weighted by molar-refractivity contribution is 0.371. The number of aromatic nitrogens is 1. The molecule has 26 heavy (non-hydrogen) atoms. The van der Waals surface area contributed by atoms with E-state index in [1.165, 1.54) is 5.56 Å². The SMILES string of the molecule is N#CCCCCc1ccc(OCC#N)c2c1ccn2-c1cccc(Br)c1. The molecule has 0 aliphatic carbocycles. The molecule has 130 valence electrons. The average molecular weight is 408 g/mol. The van der Waals surface area contributed by atoms with E-state index in [0.29, 0.717) is 12.2 Å². The molecule has 0 amide bonds. The van der Waals surface area contributed by atoms with Gasteiger partial charge in [0.25, 0.3) is 0 Å². The molecule has 0 fully saturated rings. The highest BCUT2D eigenvalue weighted by Gasteiger charge is 2.13. The minimum absolute atomic E-state index is 0.0142. The van der Waals surface area contributed by atoms with E-state index in [1.807, 2.05) is 42.6 Å². The smallest absolute Gasteiger partial charge is 0.174 e. The van der Waals surface area contributed by atoms with Crippen LogP contribution in [0.15, 0.2) is 53.1 Å². The van der Waals surface area contributed by atoms with Crippen LogP contribution in [0.25, 0.3) is 16.6 Å². The van der Waals surface area contributed by atoms with Crippen LogP contribution in [0.4, 0.5) is 0 Å². The molecule has 0 atom stereocenters. The van der Waals surface area contributed by atoms with Gasteiger partial charge in [0.05, 0.1) is 11.6 Å². The Labute approximate surface area is 161 Å². The van der Waals surface area contributed by atoms with Gasteiger partial charge in [-0.15, -0.1) is 0 Å². The second kappa shape index (κ2) is 8.56. The van der Waals surface area contributed by atoms with Gasteiger partial charge in [0, 0.05) is 28.2 Å². The van der Waals surface area contributed by atoms with E-state index in [4.69, 9.17) is 15.3 Å². The molecule has 1 heterocycles. The van der Waals surface area contributed by atoms with Crippen molar-refractivity contribution >= 4 is 26.8 Å². The minimum atomic E-state index is 0.0142. The van der Waals surface area contributed by atoms with Gasteiger partial charge in [0.2, 0.25) is 0 Å². The summed E-state index contributed by atoms with van der Waals surface area (Å²) >= 11 is 3.52. The first-order valence-corrected chi connectivity index (χ1v) is 9.29. The lowest BCUT2D eigenvalue weighted by Crippen LogP contribution is -1.99. The van der Waals surface area contributed by atoms with Crippen LogP contribution < -0.4 is 4.74 Å². The average Bonchev–Trinajstić information content (AvgIpc) is 3.10. The Hall–Kier alpha value is -2.76. The predicted octanol–water partition coefficient (Wildman–Crippen LogP) is 5.53. The Morgan fingerprint density at radius 3 is 2.69 bits per heavy atom. The van der Waals surface area contributed by atoms with E-state index in [1.54, 1.807) is 0 Å². The quantitative estimate of drug-likeness (QED) is 0.483. The number of halogens is 1. The number of nitrogens with zero attached hydrogens (tertiary/aromatic N) is 3. The summed E-state index contributed by atoms with van der Waals surface area (Å²) in [6.45, 7) is 0.0142. The fourth-order valence-corrected chi connectivity index (χ4v) is 3.48. The second-order valence-electron chi connectivity index (χ2n) is 5.96. The fourth-order valence-electron chi connectivity index (χ4n) is 3.09. The van der Waals surface area contributed by atoms with Crippen molar-refractivity contribution in [3.63, 3.8) is 0 Å². The van der Waals surface area contributed by atoms with E-state index >= 15 is 0 Å². The second-order valence-corrected chi connectivity index (χ2v) is 6.88. The lowest BCUT2D eigenvalue weighted by Gasteiger charge is -2.12. The lowest BCUT2D eigenvalue weighted by atomic mass is 10.0. The molecule has 0 aliphatic rings. The first-order valence-electron chi connectivity index (χ1n) is 8.50. The summed E-state index contributed by atoms with van der Waals surface area (Å²) in [4.78, 5) is 0. The minimum Gasteiger partial charge on any atom is -0.477 e. The number of hydrogen-bond acceptors (Lipinski definition) is 3. The van der Waals surface area contributed by atoms with Crippen molar-refractivity contribution in [2.75, 3.05) is 6.61 Å². The zero-order chi connectivity index (χ0) is 18.4. The molecule has 0 saturated heterocycles. The Kier molecular flexibility index (Phi) is 5.94. The standard InChI is InChI=1S/C21H18BrN3O/c22-17-6-4-7-18(15-17)25-13-10-19-16(5-2-1-3-11-23)8-9-20(21(19)25)26-14-12-24/h4,6-10,13,15H,1-3,5,14H2. The highest BCUT2D eigenvalue weighted by atomic mass is 79.9. The Bertz CT molecular complexity index is 995. The monoisotopic (exact) mass is 407 g/mol. The number of aryl methyl sites for hydroxylation is 1. The highest BCUT2D eigenvalue weighted by Crippen LogP contribution is 2.33. The number of ether oxygens (including phenoxy) is 1. The molecule has 2 aromatic carbocycles. The van der Waals surface area contributed by atoms with Gasteiger partial charge in [-0.05, 0) is 55.2 Å². The van der Waals surface area contributed by atoms with Gasteiger partial charge in [-0.3, -0.25) is 0 Å². The molecule has 4 nitrogen and oxygen atoms in total.